The zero-order valence-electron chi connectivity index (χ0n) is 9.97. The third-order valence-electron chi connectivity index (χ3n) is 2.75. The van der Waals surface area contributed by atoms with Gasteiger partial charge in [-0.3, -0.25) is 9.48 Å². The third kappa shape index (κ3) is 2.20. The summed E-state index contributed by atoms with van der Waals surface area (Å²) in [5.74, 6) is -0.0206. The second-order valence-corrected chi connectivity index (χ2v) is 3.99. The van der Waals surface area contributed by atoms with Crippen LogP contribution in [0.5, 0.6) is 0 Å². The summed E-state index contributed by atoms with van der Waals surface area (Å²) in [6.07, 6.45) is 3.35. The predicted octanol–water partition coefficient (Wildman–Crippen LogP) is 2.02. The maximum atomic E-state index is 12.1. The molecule has 0 aliphatic rings. The number of anilines is 1. The minimum atomic E-state index is -0.0206. The van der Waals surface area contributed by atoms with Crippen LogP contribution in [0.15, 0.2) is 30.6 Å². The van der Waals surface area contributed by atoms with Gasteiger partial charge in [0.2, 0.25) is 0 Å². The molecule has 17 heavy (non-hydrogen) atoms. The standard InChI is InChI=1S/C13H15N3O/c1-3-16-8-11(7-15-16)13(17)10-4-5-12(14)9(2)6-10/h4-8H,3,14H2,1-2H3. The second-order valence-electron chi connectivity index (χ2n) is 3.99. The molecule has 0 saturated carbocycles. The number of nitrogen functional groups attached to an aromatic ring is 1. The fourth-order valence-electron chi connectivity index (χ4n) is 1.64. The van der Waals surface area contributed by atoms with Crippen molar-refractivity contribution < 1.29 is 4.79 Å². The summed E-state index contributed by atoms with van der Waals surface area (Å²) in [6, 6.07) is 5.31. The molecule has 1 aromatic heterocycles. The van der Waals surface area contributed by atoms with Crippen LogP contribution in [0.2, 0.25) is 0 Å². The minimum absolute atomic E-state index is 0.0206. The highest BCUT2D eigenvalue weighted by atomic mass is 16.1. The molecular formula is C13H15N3O. The Morgan fingerprint density at radius 1 is 1.41 bits per heavy atom. The van der Waals surface area contributed by atoms with Crippen molar-refractivity contribution in [2.75, 3.05) is 5.73 Å². The van der Waals surface area contributed by atoms with E-state index >= 15 is 0 Å². The zero-order valence-corrected chi connectivity index (χ0v) is 9.97. The molecule has 0 saturated heterocycles. The van der Waals surface area contributed by atoms with Crippen LogP contribution in [0.1, 0.15) is 28.4 Å². The van der Waals surface area contributed by atoms with E-state index in [4.69, 9.17) is 5.73 Å². The van der Waals surface area contributed by atoms with Crippen molar-refractivity contribution in [1.29, 1.82) is 0 Å². The van der Waals surface area contributed by atoms with Gasteiger partial charge in [-0.2, -0.15) is 5.10 Å². The predicted molar refractivity (Wildman–Crippen MR) is 66.9 cm³/mol. The molecular weight excluding hydrogens is 214 g/mol. The van der Waals surface area contributed by atoms with Gasteiger partial charge in [0, 0.05) is 24.0 Å². The van der Waals surface area contributed by atoms with E-state index in [0.717, 1.165) is 12.1 Å². The molecule has 0 aliphatic heterocycles. The number of carbonyl (C=O) groups is 1. The average molecular weight is 229 g/mol. The van der Waals surface area contributed by atoms with Gasteiger partial charge >= 0.3 is 0 Å². The van der Waals surface area contributed by atoms with Gasteiger partial charge in [-0.1, -0.05) is 0 Å². The number of hydrogen-bond donors (Lipinski definition) is 1. The molecule has 4 nitrogen and oxygen atoms in total. The van der Waals surface area contributed by atoms with Crippen LogP contribution in [0.25, 0.3) is 0 Å². The molecule has 2 N–H and O–H groups in total. The van der Waals surface area contributed by atoms with Crippen molar-refractivity contribution >= 4 is 11.5 Å². The number of hydrogen-bond acceptors (Lipinski definition) is 3. The summed E-state index contributed by atoms with van der Waals surface area (Å²) >= 11 is 0. The monoisotopic (exact) mass is 229 g/mol. The first-order valence-electron chi connectivity index (χ1n) is 5.55. The molecule has 0 amide bonds. The van der Waals surface area contributed by atoms with Crippen molar-refractivity contribution in [1.82, 2.24) is 9.78 Å². The van der Waals surface area contributed by atoms with Crippen LogP contribution in [-0.2, 0) is 6.54 Å². The number of aryl methyl sites for hydroxylation is 2. The number of rotatable bonds is 3. The zero-order chi connectivity index (χ0) is 12.4. The van der Waals surface area contributed by atoms with Crippen molar-refractivity contribution in [3.63, 3.8) is 0 Å². The Kier molecular flexibility index (Phi) is 2.95. The number of aromatic nitrogens is 2. The van der Waals surface area contributed by atoms with Crippen LogP contribution < -0.4 is 5.73 Å². The Labute approximate surface area is 100 Å². The van der Waals surface area contributed by atoms with E-state index in [1.54, 1.807) is 35.3 Å². The van der Waals surface area contributed by atoms with Crippen LogP contribution in [0, 0.1) is 6.92 Å². The van der Waals surface area contributed by atoms with Gasteiger partial charge in [-0.15, -0.1) is 0 Å². The molecule has 0 radical (unpaired) electrons. The normalized spacial score (nSPS) is 10.5. The summed E-state index contributed by atoms with van der Waals surface area (Å²) in [5, 5.41) is 4.09. The lowest BCUT2D eigenvalue weighted by Gasteiger charge is -2.02. The van der Waals surface area contributed by atoms with Gasteiger partial charge in [-0.05, 0) is 37.6 Å². The summed E-state index contributed by atoms with van der Waals surface area (Å²) < 4.78 is 1.73. The molecule has 2 aromatic rings. The van der Waals surface area contributed by atoms with Gasteiger partial charge in [0.05, 0.1) is 11.8 Å². The number of carbonyl (C=O) groups excluding carboxylic acids is 1. The lowest BCUT2D eigenvalue weighted by molar-refractivity contribution is 0.103. The molecule has 0 bridgehead atoms. The van der Waals surface area contributed by atoms with E-state index in [0.29, 0.717) is 16.8 Å². The molecule has 0 fully saturated rings. The Balaban J connectivity index is 2.33. The van der Waals surface area contributed by atoms with Crippen LogP contribution in [-0.4, -0.2) is 15.6 Å². The number of ketones is 1. The Morgan fingerprint density at radius 2 is 2.18 bits per heavy atom. The summed E-state index contributed by atoms with van der Waals surface area (Å²) in [4.78, 5) is 12.1. The van der Waals surface area contributed by atoms with E-state index in [1.165, 1.54) is 0 Å². The maximum absolute atomic E-state index is 12.1. The Hall–Kier alpha value is -2.10. The number of nitrogens with zero attached hydrogens (tertiary/aromatic N) is 2. The maximum Gasteiger partial charge on any atom is 0.196 e. The van der Waals surface area contributed by atoms with Crippen molar-refractivity contribution in [3.05, 3.63) is 47.3 Å². The first-order chi connectivity index (χ1) is 8.11. The highest BCUT2D eigenvalue weighted by Gasteiger charge is 2.11. The van der Waals surface area contributed by atoms with Crippen molar-refractivity contribution in [2.24, 2.45) is 0 Å². The van der Waals surface area contributed by atoms with Gasteiger partial charge in [-0.25, -0.2) is 0 Å². The molecule has 88 valence electrons. The van der Waals surface area contributed by atoms with Crippen LogP contribution in [0.3, 0.4) is 0 Å². The van der Waals surface area contributed by atoms with Crippen LogP contribution >= 0.6 is 0 Å². The summed E-state index contributed by atoms with van der Waals surface area (Å²) in [7, 11) is 0. The lowest BCUT2D eigenvalue weighted by Crippen LogP contribution is -2.02. The van der Waals surface area contributed by atoms with Crippen molar-refractivity contribution in [2.45, 2.75) is 20.4 Å². The van der Waals surface area contributed by atoms with Gasteiger partial charge in [0.1, 0.15) is 0 Å². The minimum Gasteiger partial charge on any atom is -0.399 e. The molecule has 0 aliphatic carbocycles. The molecule has 4 heteroatoms. The van der Waals surface area contributed by atoms with Gasteiger partial charge in [0.25, 0.3) is 0 Å². The molecule has 0 spiro atoms. The summed E-state index contributed by atoms with van der Waals surface area (Å²) in [6.45, 7) is 4.63. The summed E-state index contributed by atoms with van der Waals surface area (Å²) in [5.41, 5.74) is 8.59. The van der Waals surface area contributed by atoms with E-state index in [1.807, 2.05) is 13.8 Å². The van der Waals surface area contributed by atoms with E-state index in [2.05, 4.69) is 5.10 Å². The Morgan fingerprint density at radius 3 is 2.76 bits per heavy atom. The van der Waals surface area contributed by atoms with E-state index in [-0.39, 0.29) is 5.78 Å². The highest BCUT2D eigenvalue weighted by molar-refractivity contribution is 6.09. The first-order valence-corrected chi connectivity index (χ1v) is 5.55. The smallest absolute Gasteiger partial charge is 0.196 e. The first kappa shape index (κ1) is 11.4. The largest absolute Gasteiger partial charge is 0.399 e. The lowest BCUT2D eigenvalue weighted by atomic mass is 10.0. The van der Waals surface area contributed by atoms with Gasteiger partial charge < -0.3 is 5.73 Å². The highest BCUT2D eigenvalue weighted by Crippen LogP contribution is 2.15. The quantitative estimate of drug-likeness (QED) is 0.647. The molecule has 1 aromatic carbocycles. The molecule has 0 atom stereocenters. The van der Waals surface area contributed by atoms with Crippen LogP contribution in [0.4, 0.5) is 5.69 Å². The third-order valence-corrected chi connectivity index (χ3v) is 2.75. The molecule has 1 heterocycles. The van der Waals surface area contributed by atoms with E-state index in [9.17, 15) is 4.79 Å². The SMILES string of the molecule is CCn1cc(C(=O)c2ccc(N)c(C)c2)cn1. The molecule has 0 unspecified atom stereocenters. The molecule has 2 rings (SSSR count). The Bertz CT molecular complexity index is 558. The fraction of sp³-hybridized carbons (Fsp3) is 0.231. The fourth-order valence-corrected chi connectivity index (χ4v) is 1.64. The number of benzene rings is 1. The topological polar surface area (TPSA) is 60.9 Å². The number of nitrogens with two attached hydrogens (primary N) is 1. The van der Waals surface area contributed by atoms with Crippen molar-refractivity contribution in [3.8, 4) is 0 Å². The average Bonchev–Trinajstić information content (AvgIpc) is 2.80. The van der Waals surface area contributed by atoms with E-state index < -0.39 is 0 Å². The second kappa shape index (κ2) is 4.41. The van der Waals surface area contributed by atoms with Gasteiger partial charge in [0.15, 0.2) is 5.78 Å².